The van der Waals surface area contributed by atoms with E-state index < -0.39 is 31.1 Å². The van der Waals surface area contributed by atoms with Crippen LogP contribution >= 0.6 is 0 Å². The molecule has 160 valence electrons. The van der Waals surface area contributed by atoms with Crippen LogP contribution in [0, 0.1) is 0 Å². The van der Waals surface area contributed by atoms with Gasteiger partial charge >= 0.3 is 11.0 Å². The van der Waals surface area contributed by atoms with E-state index in [9.17, 15) is 43.2 Å². The lowest BCUT2D eigenvalue weighted by Crippen LogP contribution is -3.11. The van der Waals surface area contributed by atoms with E-state index in [1.807, 2.05) is 0 Å². The van der Waals surface area contributed by atoms with Crippen LogP contribution in [0.25, 0.3) is 4.13 Å². The Morgan fingerprint density at radius 3 is 1.42 bits per heavy atom. The number of nitrogens with one attached hydrogen (secondary N) is 1. The molecule has 0 aromatic rings. The minimum absolute atomic E-state index is 0.778. The van der Waals surface area contributed by atoms with Gasteiger partial charge < -0.3 is 9.03 Å². The highest BCUT2D eigenvalue weighted by molar-refractivity contribution is 8.13. The van der Waals surface area contributed by atoms with Crippen LogP contribution in [0.3, 0.4) is 0 Å². The molecule has 1 N–H and O–H groups in total. The third-order valence-electron chi connectivity index (χ3n) is 3.02. The fraction of sp³-hybridized carbons (Fsp3) is 1.00. The van der Waals surface area contributed by atoms with Crippen molar-refractivity contribution in [3.63, 3.8) is 0 Å². The molecule has 0 aromatic heterocycles. The van der Waals surface area contributed by atoms with Gasteiger partial charge in [-0.1, -0.05) is 20.3 Å². The van der Waals surface area contributed by atoms with Gasteiger partial charge in [-0.15, -0.1) is 0 Å². The number of nitrogens with zero attached hydrogens (tertiary/aromatic N) is 1. The van der Waals surface area contributed by atoms with Crippen molar-refractivity contribution in [2.45, 2.75) is 57.5 Å². The Labute approximate surface area is 150 Å². The molecule has 6 nitrogen and oxygen atoms in total. The Morgan fingerprint density at radius 2 is 1.15 bits per heavy atom. The largest absolute Gasteiger partial charge is 0.480 e. The summed E-state index contributed by atoms with van der Waals surface area (Å²) in [6.07, 6.45) is 5.51. The molecule has 0 fully saturated rings. The van der Waals surface area contributed by atoms with E-state index in [0.717, 1.165) is 4.13 Å². The average Bonchev–Trinajstić information content (AvgIpc) is 2.43. The number of halogens is 6. The highest BCUT2D eigenvalue weighted by Crippen LogP contribution is 2.36. The Hall–Kier alpha value is -0.600. The highest BCUT2D eigenvalue weighted by atomic mass is 32.3. The van der Waals surface area contributed by atoms with Crippen LogP contribution in [0.4, 0.5) is 26.3 Å². The van der Waals surface area contributed by atoms with Gasteiger partial charge in [-0.25, -0.2) is 16.8 Å². The fourth-order valence-electron chi connectivity index (χ4n) is 1.67. The van der Waals surface area contributed by atoms with Gasteiger partial charge in [0.2, 0.25) is 0 Å². The summed E-state index contributed by atoms with van der Waals surface area (Å²) < 4.78 is 109. The average molecular weight is 438 g/mol. The number of sulfonamides is 2. The van der Waals surface area contributed by atoms with Crippen LogP contribution in [0.1, 0.15) is 46.5 Å². The standard InChI is InChI=1S/C10H23N.C2F6NO4S2/c1-4-7-8-10-11(6-3)9-5-2;3-1(4,5)14(10,11)9-15(12,13)2(6,7)8/h4-10H2,1-3H3;/q;-1/p+1. The topological polar surface area (TPSA) is 86.8 Å². The zero-order chi connectivity index (χ0) is 21.2. The Balaban J connectivity index is 0. The summed E-state index contributed by atoms with van der Waals surface area (Å²) in [7, 11) is -13.4. The molecule has 26 heavy (non-hydrogen) atoms. The molecule has 0 bridgehead atoms. The quantitative estimate of drug-likeness (QED) is 0.443. The first-order valence-corrected chi connectivity index (χ1v) is 10.6. The Kier molecular flexibility index (Phi) is 12.0. The number of alkyl halides is 6. The zero-order valence-corrected chi connectivity index (χ0v) is 16.2. The van der Waals surface area contributed by atoms with Crippen molar-refractivity contribution < 1.29 is 48.1 Å². The lowest BCUT2D eigenvalue weighted by Gasteiger charge is -2.22. The van der Waals surface area contributed by atoms with E-state index in [4.69, 9.17) is 0 Å². The van der Waals surface area contributed by atoms with Gasteiger partial charge in [0.25, 0.3) is 0 Å². The van der Waals surface area contributed by atoms with Crippen LogP contribution in [0.15, 0.2) is 0 Å². The maximum atomic E-state index is 11.4. The maximum absolute atomic E-state index is 11.4. The molecule has 0 amide bonds. The van der Waals surface area contributed by atoms with Crippen LogP contribution in [-0.2, 0) is 20.0 Å². The molecular weight excluding hydrogens is 414 g/mol. The van der Waals surface area contributed by atoms with Crippen molar-refractivity contribution in [3.8, 4) is 0 Å². The lowest BCUT2D eigenvalue weighted by atomic mass is 10.2. The second-order valence-electron chi connectivity index (χ2n) is 5.23. The minimum Gasteiger partial charge on any atom is -0.421 e. The van der Waals surface area contributed by atoms with E-state index in [1.54, 1.807) is 4.90 Å². The Bertz CT molecular complexity index is 546. The van der Waals surface area contributed by atoms with E-state index in [2.05, 4.69) is 20.8 Å². The molecule has 0 aliphatic rings. The third-order valence-corrected chi connectivity index (χ3v) is 5.76. The molecule has 14 heteroatoms. The molecule has 0 aromatic carbocycles. The van der Waals surface area contributed by atoms with Crippen molar-refractivity contribution in [3.05, 3.63) is 4.13 Å². The van der Waals surface area contributed by atoms with Gasteiger partial charge in [-0.05, 0) is 26.2 Å². The van der Waals surface area contributed by atoms with Crippen LogP contribution in [0.5, 0.6) is 0 Å². The predicted octanol–water partition coefficient (Wildman–Crippen LogP) is 2.55. The van der Waals surface area contributed by atoms with Crippen molar-refractivity contribution in [1.82, 2.24) is 0 Å². The smallest absolute Gasteiger partial charge is 0.421 e. The summed E-state index contributed by atoms with van der Waals surface area (Å²) in [4.78, 5) is 1.78. The SMILES string of the molecule is CCCCC[NH+](CC)CCC.O=S(=O)([N-]S(=O)(=O)C(F)(F)F)C(F)(F)F. The van der Waals surface area contributed by atoms with E-state index in [-0.39, 0.29) is 0 Å². The van der Waals surface area contributed by atoms with E-state index >= 15 is 0 Å². The first kappa shape index (κ1) is 27.6. The summed E-state index contributed by atoms with van der Waals surface area (Å²) in [5, 5.41) is 0. The van der Waals surface area contributed by atoms with Crippen molar-refractivity contribution in [2.24, 2.45) is 0 Å². The van der Waals surface area contributed by atoms with Gasteiger partial charge in [0.1, 0.15) is 0 Å². The molecule has 0 rings (SSSR count). The molecule has 1 unspecified atom stereocenters. The van der Waals surface area contributed by atoms with Gasteiger partial charge in [0.05, 0.1) is 19.6 Å². The molecular formula is C12H24F6N2O4S2. The molecule has 0 radical (unpaired) electrons. The molecule has 0 aliphatic carbocycles. The summed E-state index contributed by atoms with van der Waals surface area (Å²) in [5.74, 6) is 0. The summed E-state index contributed by atoms with van der Waals surface area (Å²) in [6, 6.07) is 0. The number of unbranched alkanes of at least 4 members (excludes halogenated alkanes) is 2. The number of quaternary nitrogens is 1. The maximum Gasteiger partial charge on any atom is 0.480 e. The van der Waals surface area contributed by atoms with Crippen molar-refractivity contribution in [1.29, 1.82) is 0 Å². The first-order chi connectivity index (χ1) is 11.6. The fourth-order valence-corrected chi connectivity index (χ4v) is 3.38. The summed E-state index contributed by atoms with van der Waals surface area (Å²) in [5.41, 5.74) is -12.4. The van der Waals surface area contributed by atoms with Crippen LogP contribution in [0.2, 0.25) is 0 Å². The summed E-state index contributed by atoms with van der Waals surface area (Å²) >= 11 is 0. The van der Waals surface area contributed by atoms with Crippen LogP contribution in [-0.4, -0.2) is 47.5 Å². The molecule has 0 spiro atoms. The van der Waals surface area contributed by atoms with Gasteiger partial charge in [0.15, 0.2) is 20.0 Å². The van der Waals surface area contributed by atoms with Gasteiger partial charge in [-0.3, -0.25) is 0 Å². The molecule has 0 aliphatic heterocycles. The second-order valence-corrected chi connectivity index (χ2v) is 8.65. The first-order valence-electron chi connectivity index (χ1n) is 7.76. The summed E-state index contributed by atoms with van der Waals surface area (Å²) in [6.45, 7) is 10.9. The van der Waals surface area contributed by atoms with Gasteiger partial charge in [-0.2, -0.15) is 26.3 Å². The van der Waals surface area contributed by atoms with Crippen LogP contribution < -0.4 is 4.90 Å². The molecule has 0 saturated heterocycles. The minimum atomic E-state index is -6.72. The Morgan fingerprint density at radius 1 is 0.731 bits per heavy atom. The second kappa shape index (κ2) is 11.3. The lowest BCUT2D eigenvalue weighted by molar-refractivity contribution is -0.898. The van der Waals surface area contributed by atoms with E-state index in [0.29, 0.717) is 0 Å². The molecule has 0 heterocycles. The number of hydrogen-bond acceptors (Lipinski definition) is 4. The van der Waals surface area contributed by atoms with Gasteiger partial charge in [0, 0.05) is 0 Å². The predicted molar refractivity (Wildman–Crippen MR) is 84.4 cm³/mol. The normalized spacial score (nSPS) is 14.5. The third kappa shape index (κ3) is 10.5. The molecule has 1 atom stereocenters. The van der Waals surface area contributed by atoms with Crippen molar-refractivity contribution >= 4 is 20.0 Å². The van der Waals surface area contributed by atoms with E-state index in [1.165, 1.54) is 45.3 Å². The van der Waals surface area contributed by atoms with Crippen molar-refractivity contribution in [2.75, 3.05) is 19.6 Å². The number of rotatable bonds is 9. The zero-order valence-electron chi connectivity index (χ0n) is 14.6. The molecule has 0 saturated carbocycles. The monoisotopic (exact) mass is 438 g/mol. The highest BCUT2D eigenvalue weighted by Gasteiger charge is 2.46. The number of hydrogen-bond donors (Lipinski definition) is 1.